The van der Waals surface area contributed by atoms with E-state index in [-0.39, 0.29) is 0 Å². The molecule has 1 aliphatic heterocycles. The Hall–Kier alpha value is -7.32. The van der Waals surface area contributed by atoms with Crippen molar-refractivity contribution in [2.45, 2.75) is 383 Å². The van der Waals surface area contributed by atoms with Crippen molar-refractivity contribution in [1.82, 2.24) is 98.4 Å². The number of aryl methyl sites for hydroxylation is 2. The first-order chi connectivity index (χ1) is 48.3. The van der Waals surface area contributed by atoms with Gasteiger partial charge < -0.3 is 18.1 Å². The normalized spacial score (nSPS) is 12.8. The third-order valence-corrected chi connectivity index (χ3v) is 17.7. The Morgan fingerprint density at radius 3 is 1.30 bits per heavy atom. The maximum atomic E-state index is 5.38. The first kappa shape index (κ1) is 92.8. The average Bonchev–Trinajstić information content (AvgIpc) is 1.65. The Morgan fingerprint density at radius 1 is 0.433 bits per heavy atom. The van der Waals surface area contributed by atoms with Crippen molar-refractivity contribution in [2.75, 3.05) is 0 Å². The summed E-state index contributed by atoms with van der Waals surface area (Å²) in [5, 5.41) is 41.4. The van der Waals surface area contributed by atoms with Gasteiger partial charge in [-0.05, 0) is 199 Å². The molecular formula is C83H148N20O. The molecule has 10 rings (SSSR count). The number of rotatable bonds is 18. The van der Waals surface area contributed by atoms with Crippen LogP contribution < -0.4 is 0 Å². The summed E-state index contributed by atoms with van der Waals surface area (Å²) >= 11 is 0. The summed E-state index contributed by atoms with van der Waals surface area (Å²) in [7, 11) is 0. The molecule has 21 heteroatoms. The van der Waals surface area contributed by atoms with Crippen molar-refractivity contribution in [3.8, 4) is 0 Å². The summed E-state index contributed by atoms with van der Waals surface area (Å²) in [5.74, 6) is 8.72. The van der Waals surface area contributed by atoms with E-state index in [1.165, 1.54) is 57.3 Å². The molecule has 0 saturated carbocycles. The second-order valence-electron chi connectivity index (χ2n) is 33.3. The van der Waals surface area contributed by atoms with Crippen LogP contribution in [0.2, 0.25) is 0 Å². The van der Waals surface area contributed by atoms with E-state index in [0.717, 1.165) is 41.7 Å². The third-order valence-electron chi connectivity index (χ3n) is 17.7. The number of aromatic nitrogens is 20. The molecule has 0 bridgehead atoms. The molecule has 1 atom stereocenters. The molecule has 10 heterocycles. The minimum absolute atomic E-state index is 0.301. The van der Waals surface area contributed by atoms with Crippen molar-refractivity contribution < 1.29 is 4.42 Å². The number of hydrogen-bond acceptors (Lipinski definition) is 13. The quantitative estimate of drug-likeness (QED) is 0.0784. The fourth-order valence-corrected chi connectivity index (χ4v) is 10.7. The molecule has 0 fully saturated rings. The van der Waals surface area contributed by atoms with Gasteiger partial charge in [-0.15, -0.1) is 25.5 Å². The Balaban J connectivity index is 0.000000398. The van der Waals surface area contributed by atoms with Gasteiger partial charge in [-0.25, -0.2) is 14.6 Å². The minimum Gasteiger partial charge on any atom is -0.425 e. The molecule has 1 aliphatic rings. The molecular weight excluding hydrogens is 1290 g/mol. The van der Waals surface area contributed by atoms with Gasteiger partial charge in [0.05, 0.1) is 47.7 Å². The molecule has 104 heavy (non-hydrogen) atoms. The lowest BCUT2D eigenvalue weighted by molar-refractivity contribution is 0.417. The molecule has 0 aromatic carbocycles. The molecule has 0 saturated heterocycles. The number of hydrogen-bond donors (Lipinski definition) is 0. The van der Waals surface area contributed by atoms with Gasteiger partial charge in [0.15, 0.2) is 5.82 Å². The van der Waals surface area contributed by atoms with E-state index in [1.807, 2.05) is 82.2 Å². The second-order valence-corrected chi connectivity index (χ2v) is 33.3. The van der Waals surface area contributed by atoms with Gasteiger partial charge in [0.2, 0.25) is 11.8 Å². The van der Waals surface area contributed by atoms with Crippen LogP contribution in [0.15, 0.2) is 72.6 Å². The predicted molar refractivity (Wildman–Crippen MR) is 433 cm³/mol. The van der Waals surface area contributed by atoms with E-state index in [9.17, 15) is 0 Å². The standard InChI is InChI=1S/C12H20N2.C11H20N2.C10H17N.3C9H16N2.C8H15N3.C8H14N2O.C7H14N4/c1-8(2)10-5-6-14-12(10)7-11(13-14)9(3)4;1-7(2)11-9(5)12-13(8(3)4)10(11)6;1-8(2)10-5-6-11(7-10)9(3)4;1-7(2)9-5-11(6-10-9)8(3)4;1-7(2)9-5-10-6-11(9)8(3)4;1-7(2)9-5-10-11(6-9)8(3)4;1-6(2)8-5-11(7(3)4)10-9-8;1-5(2)7-9-10-8(11-7)6(3)4;1-5(2)7-8-10-11(9-7)6(3)4/h7-10H,5-6H2,1-4H3;7-8H,1-6H3;5-9H,1-4H3;3*5-8H,1-4H3;5-7H,1-4H3;2*5-6H,1-4H3. The maximum absolute atomic E-state index is 5.38. The number of fused-ring (bicyclic) bond motifs is 1. The van der Waals surface area contributed by atoms with Crippen molar-refractivity contribution >= 4 is 0 Å². The molecule has 1 unspecified atom stereocenters. The van der Waals surface area contributed by atoms with Crippen molar-refractivity contribution in [1.29, 1.82) is 0 Å². The van der Waals surface area contributed by atoms with Crippen LogP contribution in [0.4, 0.5) is 0 Å². The van der Waals surface area contributed by atoms with Gasteiger partial charge in [-0.1, -0.05) is 158 Å². The van der Waals surface area contributed by atoms with Gasteiger partial charge in [-0.2, -0.15) is 20.1 Å². The molecule has 9 aromatic heterocycles. The van der Waals surface area contributed by atoms with Gasteiger partial charge in [-0.3, -0.25) is 14.0 Å². The molecule has 21 nitrogen and oxygen atoms in total. The average molecular weight is 1440 g/mol. The monoisotopic (exact) mass is 1440 g/mol. The summed E-state index contributed by atoms with van der Waals surface area (Å²) in [6.07, 6.45) is 19.6. The predicted octanol–water partition coefficient (Wildman–Crippen LogP) is 23.0. The van der Waals surface area contributed by atoms with Crippen LogP contribution in [0.3, 0.4) is 0 Å². The van der Waals surface area contributed by atoms with Crippen LogP contribution in [0.5, 0.6) is 0 Å². The molecule has 9 aromatic rings. The van der Waals surface area contributed by atoms with Gasteiger partial charge in [0.1, 0.15) is 0 Å². The van der Waals surface area contributed by atoms with Gasteiger partial charge in [0, 0.05) is 121 Å². The SMILES string of the molecule is CC(C)c1cc2n(n1)CCC2C(C)C.CC(C)c1ccn(C(C)C)c1.CC(C)c1cn(C(C)C)cn1.CC(C)c1cn(C(C)C)nn1.CC(C)c1cncn1C(C)C.CC(C)c1cnn(C(C)C)c1.CC(C)c1nnc(C(C)C)o1.CC(C)c1nnn(C(C)C)n1.Cc1nn(C(C)C)c(C)c1C(C)C. The van der Waals surface area contributed by atoms with E-state index in [1.54, 1.807) is 4.80 Å². The molecule has 0 radical (unpaired) electrons. The van der Waals surface area contributed by atoms with Crippen LogP contribution in [-0.4, -0.2) is 98.4 Å². The summed E-state index contributed by atoms with van der Waals surface area (Å²) in [6.45, 7) is 82.8. The fraction of sp³-hybridized carbons (Fsp3) is 0.711. The molecule has 0 aliphatic carbocycles. The summed E-state index contributed by atoms with van der Waals surface area (Å²) < 4.78 is 20.2. The zero-order valence-electron chi connectivity index (χ0n) is 72.6. The maximum Gasteiger partial charge on any atom is 0.219 e. The highest BCUT2D eigenvalue weighted by atomic mass is 16.4. The Bertz CT molecular complexity index is 3160. The Morgan fingerprint density at radius 2 is 0.990 bits per heavy atom. The fourth-order valence-electron chi connectivity index (χ4n) is 10.7. The zero-order valence-corrected chi connectivity index (χ0v) is 72.6. The van der Waals surface area contributed by atoms with Crippen LogP contribution >= 0.6 is 0 Å². The Labute approximate surface area is 631 Å². The van der Waals surface area contributed by atoms with E-state index < -0.39 is 0 Å². The molecule has 0 N–H and O–H groups in total. The minimum atomic E-state index is 0.301. The van der Waals surface area contributed by atoms with E-state index in [0.29, 0.717) is 101 Å². The topological polar surface area (TPSA) is 207 Å². The largest absolute Gasteiger partial charge is 0.425 e. The molecule has 586 valence electrons. The lowest BCUT2D eigenvalue weighted by Crippen LogP contribution is -2.05. The van der Waals surface area contributed by atoms with Crippen LogP contribution in [0.25, 0.3) is 0 Å². The van der Waals surface area contributed by atoms with E-state index in [2.05, 4.69) is 343 Å². The third kappa shape index (κ3) is 30.3. The van der Waals surface area contributed by atoms with Crippen molar-refractivity contribution in [3.63, 3.8) is 0 Å². The summed E-state index contributed by atoms with van der Waals surface area (Å²) in [4.78, 5) is 10.1. The highest BCUT2D eigenvalue weighted by Crippen LogP contribution is 2.35. The first-order valence-electron chi connectivity index (χ1n) is 39.3. The lowest BCUT2D eigenvalue weighted by Gasteiger charge is -2.13. The highest BCUT2D eigenvalue weighted by Gasteiger charge is 2.28. The van der Waals surface area contributed by atoms with Crippen LogP contribution in [-0.2, 0) is 6.54 Å². The zero-order chi connectivity index (χ0) is 79.5. The number of imidazole rings is 2. The molecule has 0 amide bonds. The van der Waals surface area contributed by atoms with E-state index >= 15 is 0 Å². The van der Waals surface area contributed by atoms with E-state index in [4.69, 9.17) is 4.42 Å². The summed E-state index contributed by atoms with van der Waals surface area (Å²) in [5.41, 5.74) is 12.9. The van der Waals surface area contributed by atoms with Gasteiger partial charge in [0.25, 0.3) is 0 Å². The Kier molecular flexibility index (Phi) is 39.8. The van der Waals surface area contributed by atoms with Crippen molar-refractivity contribution in [2.24, 2.45) is 5.92 Å². The second kappa shape index (κ2) is 44.6. The van der Waals surface area contributed by atoms with Crippen LogP contribution in [0.1, 0.15) is 437 Å². The first-order valence-corrected chi connectivity index (χ1v) is 39.3. The number of nitrogens with zero attached hydrogens (tertiary/aromatic N) is 20. The highest BCUT2D eigenvalue weighted by molar-refractivity contribution is 5.28. The smallest absolute Gasteiger partial charge is 0.219 e. The van der Waals surface area contributed by atoms with Gasteiger partial charge >= 0.3 is 0 Å². The van der Waals surface area contributed by atoms with Crippen molar-refractivity contribution in [3.05, 3.63) is 142 Å². The molecule has 0 spiro atoms. The lowest BCUT2D eigenvalue weighted by atomic mass is 9.91. The van der Waals surface area contributed by atoms with Crippen LogP contribution in [0, 0.1) is 19.8 Å². The number of tetrazole rings is 1. The summed E-state index contributed by atoms with van der Waals surface area (Å²) in [6, 6.07) is 7.79.